The fourth-order valence-corrected chi connectivity index (χ4v) is 2.81. The predicted octanol–water partition coefficient (Wildman–Crippen LogP) is 3.16. The second-order valence-electron chi connectivity index (χ2n) is 6.16. The van der Waals surface area contributed by atoms with E-state index in [0.29, 0.717) is 13.0 Å². The molecule has 0 aliphatic carbocycles. The van der Waals surface area contributed by atoms with Crippen molar-refractivity contribution in [3.63, 3.8) is 0 Å². The molecule has 0 radical (unpaired) electrons. The summed E-state index contributed by atoms with van der Waals surface area (Å²) in [6.45, 7) is 3.70. The summed E-state index contributed by atoms with van der Waals surface area (Å²) in [6.07, 6.45) is 12.3. The van der Waals surface area contributed by atoms with Crippen LogP contribution in [0.25, 0.3) is 0 Å². The van der Waals surface area contributed by atoms with Gasteiger partial charge in [0.15, 0.2) is 0 Å². The fraction of sp³-hybridized carbons (Fsp3) is 0.882. The molecule has 21 heavy (non-hydrogen) atoms. The first-order valence-electron chi connectivity index (χ1n) is 8.78. The molecule has 0 aromatic rings. The van der Waals surface area contributed by atoms with Crippen molar-refractivity contribution < 1.29 is 9.59 Å². The Balaban J connectivity index is 1.99. The molecule has 0 unspecified atom stereocenters. The molecule has 1 aliphatic heterocycles. The first-order valence-corrected chi connectivity index (χ1v) is 8.78. The molecular weight excluding hydrogens is 264 g/mol. The topological polar surface area (TPSA) is 58.2 Å². The van der Waals surface area contributed by atoms with Crippen LogP contribution >= 0.6 is 0 Å². The zero-order valence-corrected chi connectivity index (χ0v) is 13.6. The quantitative estimate of drug-likeness (QED) is 0.608. The van der Waals surface area contributed by atoms with Crippen molar-refractivity contribution in [1.82, 2.24) is 10.6 Å². The SMILES string of the molecule is CCCCCCCCCCNC(=O)[C@H]1CCCNC(=O)C1. The van der Waals surface area contributed by atoms with E-state index in [1.165, 1.54) is 44.9 Å². The zero-order valence-electron chi connectivity index (χ0n) is 13.6. The maximum absolute atomic E-state index is 12.0. The van der Waals surface area contributed by atoms with Crippen LogP contribution in [0, 0.1) is 5.92 Å². The normalized spacial score (nSPS) is 18.9. The van der Waals surface area contributed by atoms with Gasteiger partial charge in [-0.2, -0.15) is 0 Å². The molecule has 4 nitrogen and oxygen atoms in total. The van der Waals surface area contributed by atoms with Crippen LogP contribution in [0.5, 0.6) is 0 Å². The number of carbonyl (C=O) groups excluding carboxylic acids is 2. The molecule has 2 amide bonds. The predicted molar refractivity (Wildman–Crippen MR) is 86.0 cm³/mol. The Hall–Kier alpha value is -1.06. The molecule has 0 aromatic heterocycles. The highest BCUT2D eigenvalue weighted by molar-refractivity contribution is 5.86. The second-order valence-corrected chi connectivity index (χ2v) is 6.16. The molecule has 4 heteroatoms. The van der Waals surface area contributed by atoms with E-state index in [-0.39, 0.29) is 17.7 Å². The van der Waals surface area contributed by atoms with Gasteiger partial charge in [-0.1, -0.05) is 51.9 Å². The Labute approximate surface area is 129 Å². The summed E-state index contributed by atoms with van der Waals surface area (Å²) in [7, 11) is 0. The van der Waals surface area contributed by atoms with E-state index in [9.17, 15) is 9.59 Å². The van der Waals surface area contributed by atoms with Gasteiger partial charge in [0.05, 0.1) is 0 Å². The van der Waals surface area contributed by atoms with Crippen LogP contribution in [0.2, 0.25) is 0 Å². The molecule has 0 aromatic carbocycles. The maximum Gasteiger partial charge on any atom is 0.223 e. The van der Waals surface area contributed by atoms with Gasteiger partial charge in [0.2, 0.25) is 11.8 Å². The Kier molecular flexibility index (Phi) is 9.92. The van der Waals surface area contributed by atoms with Crippen LogP contribution in [0.15, 0.2) is 0 Å². The third kappa shape index (κ3) is 8.74. The molecule has 1 saturated heterocycles. The lowest BCUT2D eigenvalue weighted by Crippen LogP contribution is -2.33. The smallest absolute Gasteiger partial charge is 0.223 e. The maximum atomic E-state index is 12.0. The summed E-state index contributed by atoms with van der Waals surface area (Å²) in [4.78, 5) is 23.4. The molecule has 1 rings (SSSR count). The number of amides is 2. The lowest BCUT2D eigenvalue weighted by molar-refractivity contribution is -0.129. The number of hydrogen-bond acceptors (Lipinski definition) is 2. The van der Waals surface area contributed by atoms with Gasteiger partial charge in [0.1, 0.15) is 0 Å². The highest BCUT2D eigenvalue weighted by Crippen LogP contribution is 2.14. The minimum atomic E-state index is -0.124. The van der Waals surface area contributed by atoms with Gasteiger partial charge >= 0.3 is 0 Å². The van der Waals surface area contributed by atoms with Crippen LogP contribution in [0.1, 0.15) is 77.6 Å². The fourth-order valence-electron chi connectivity index (χ4n) is 2.81. The molecule has 1 aliphatic rings. The first kappa shape index (κ1) is 18.0. The van der Waals surface area contributed by atoms with Crippen LogP contribution in [-0.2, 0) is 9.59 Å². The van der Waals surface area contributed by atoms with Gasteiger partial charge < -0.3 is 10.6 Å². The highest BCUT2D eigenvalue weighted by Gasteiger charge is 2.23. The van der Waals surface area contributed by atoms with Crippen molar-refractivity contribution in [1.29, 1.82) is 0 Å². The number of carbonyl (C=O) groups is 2. The molecule has 0 spiro atoms. The average molecular weight is 296 g/mol. The Morgan fingerprint density at radius 3 is 2.52 bits per heavy atom. The van der Waals surface area contributed by atoms with E-state index >= 15 is 0 Å². The van der Waals surface area contributed by atoms with Gasteiger partial charge in [-0.15, -0.1) is 0 Å². The largest absolute Gasteiger partial charge is 0.356 e. The molecule has 1 fully saturated rings. The van der Waals surface area contributed by atoms with Crippen molar-refractivity contribution in [2.24, 2.45) is 5.92 Å². The van der Waals surface area contributed by atoms with Gasteiger partial charge in [-0.05, 0) is 19.3 Å². The summed E-state index contributed by atoms with van der Waals surface area (Å²) in [5.41, 5.74) is 0. The molecule has 122 valence electrons. The molecule has 0 bridgehead atoms. The standard InChI is InChI=1S/C17H32N2O2/c1-2-3-4-5-6-7-8-9-12-19-17(21)15-11-10-13-18-16(20)14-15/h15H,2-14H2,1H3,(H,18,20)(H,19,21)/t15-/m0/s1. The Morgan fingerprint density at radius 1 is 1.14 bits per heavy atom. The van der Waals surface area contributed by atoms with E-state index in [4.69, 9.17) is 0 Å². The number of unbranched alkanes of at least 4 members (excludes halogenated alkanes) is 7. The van der Waals surface area contributed by atoms with Crippen LogP contribution in [0.3, 0.4) is 0 Å². The number of nitrogens with one attached hydrogen (secondary N) is 2. The van der Waals surface area contributed by atoms with E-state index in [1.807, 2.05) is 0 Å². The third-order valence-corrected chi connectivity index (χ3v) is 4.18. The van der Waals surface area contributed by atoms with Crippen molar-refractivity contribution in [3.05, 3.63) is 0 Å². The molecular formula is C17H32N2O2. The monoisotopic (exact) mass is 296 g/mol. The minimum absolute atomic E-state index is 0.0136. The van der Waals surface area contributed by atoms with Crippen LogP contribution in [0.4, 0.5) is 0 Å². The summed E-state index contributed by atoms with van der Waals surface area (Å²) in [5, 5.41) is 5.81. The summed E-state index contributed by atoms with van der Waals surface area (Å²) in [5.74, 6) is -0.0451. The number of rotatable bonds is 10. The third-order valence-electron chi connectivity index (χ3n) is 4.18. The van der Waals surface area contributed by atoms with Gasteiger partial charge in [0, 0.05) is 25.4 Å². The molecule has 2 N–H and O–H groups in total. The summed E-state index contributed by atoms with van der Waals surface area (Å²) < 4.78 is 0. The van der Waals surface area contributed by atoms with Gasteiger partial charge in [-0.3, -0.25) is 9.59 Å². The van der Waals surface area contributed by atoms with Crippen molar-refractivity contribution >= 4 is 11.8 Å². The highest BCUT2D eigenvalue weighted by atomic mass is 16.2. The van der Waals surface area contributed by atoms with Gasteiger partial charge in [0.25, 0.3) is 0 Å². The van der Waals surface area contributed by atoms with Crippen molar-refractivity contribution in [2.45, 2.75) is 77.6 Å². The molecule has 1 atom stereocenters. The number of hydrogen-bond donors (Lipinski definition) is 2. The van der Waals surface area contributed by atoms with E-state index in [0.717, 1.165) is 25.8 Å². The van der Waals surface area contributed by atoms with E-state index < -0.39 is 0 Å². The average Bonchev–Trinajstić information content (AvgIpc) is 2.70. The molecule has 1 heterocycles. The van der Waals surface area contributed by atoms with Crippen LogP contribution in [-0.4, -0.2) is 24.9 Å². The van der Waals surface area contributed by atoms with Crippen molar-refractivity contribution in [3.8, 4) is 0 Å². The summed E-state index contributed by atoms with van der Waals surface area (Å²) in [6, 6.07) is 0. The molecule has 0 saturated carbocycles. The first-order chi connectivity index (χ1) is 10.2. The Morgan fingerprint density at radius 2 is 1.81 bits per heavy atom. The second kappa shape index (κ2) is 11.6. The van der Waals surface area contributed by atoms with E-state index in [2.05, 4.69) is 17.6 Å². The van der Waals surface area contributed by atoms with E-state index in [1.54, 1.807) is 0 Å². The lowest BCUT2D eigenvalue weighted by Gasteiger charge is -2.13. The van der Waals surface area contributed by atoms with Gasteiger partial charge in [-0.25, -0.2) is 0 Å². The summed E-state index contributed by atoms with van der Waals surface area (Å²) >= 11 is 0. The lowest BCUT2D eigenvalue weighted by atomic mass is 9.99. The van der Waals surface area contributed by atoms with Crippen LogP contribution < -0.4 is 10.6 Å². The van der Waals surface area contributed by atoms with Crippen molar-refractivity contribution in [2.75, 3.05) is 13.1 Å². The Bertz CT molecular complexity index is 305. The minimum Gasteiger partial charge on any atom is -0.356 e. The zero-order chi connectivity index (χ0) is 15.3.